The van der Waals surface area contributed by atoms with Gasteiger partial charge in [0.2, 0.25) is 0 Å². The van der Waals surface area contributed by atoms with Crippen LogP contribution < -0.4 is 10.1 Å². The molecule has 26 heavy (non-hydrogen) atoms. The molecule has 1 aromatic carbocycles. The van der Waals surface area contributed by atoms with Gasteiger partial charge in [-0.3, -0.25) is 9.89 Å². The first-order valence-corrected chi connectivity index (χ1v) is 9.81. The molecule has 1 saturated heterocycles. The maximum absolute atomic E-state index is 5.26. The summed E-state index contributed by atoms with van der Waals surface area (Å²) in [6.07, 6.45) is 1.16. The molecule has 0 bridgehead atoms. The van der Waals surface area contributed by atoms with Crippen molar-refractivity contribution >= 4 is 5.96 Å². The number of likely N-dealkylation sites (tertiary alicyclic amines) is 1. The van der Waals surface area contributed by atoms with Crippen molar-refractivity contribution in [2.45, 2.75) is 52.1 Å². The quantitative estimate of drug-likeness (QED) is 0.599. The minimum atomic E-state index is 0.558. The van der Waals surface area contributed by atoms with E-state index in [0.717, 1.165) is 44.3 Å². The lowest BCUT2D eigenvalue weighted by atomic mass is 9.98. The number of hydrogen-bond acceptors (Lipinski definition) is 3. The molecule has 5 heteroatoms. The van der Waals surface area contributed by atoms with E-state index >= 15 is 0 Å². The fraction of sp³-hybridized carbons (Fsp3) is 0.667. The maximum atomic E-state index is 5.26. The normalized spacial score (nSPS) is 18.3. The third-order valence-corrected chi connectivity index (χ3v) is 5.27. The third kappa shape index (κ3) is 5.37. The SMILES string of the molecule is CN=C(NCCN(C(C)C)C(C)C)N1CCC(c2ccc(OC)cc2)C1. The van der Waals surface area contributed by atoms with Crippen LogP contribution in [0.4, 0.5) is 0 Å². The number of nitrogens with one attached hydrogen (secondary N) is 1. The van der Waals surface area contributed by atoms with Crippen LogP contribution in [0.15, 0.2) is 29.3 Å². The predicted molar refractivity (Wildman–Crippen MR) is 110 cm³/mol. The molecule has 0 aromatic heterocycles. The second kappa shape index (κ2) is 9.81. The Morgan fingerprint density at radius 1 is 1.23 bits per heavy atom. The van der Waals surface area contributed by atoms with Crippen LogP contribution in [0.1, 0.15) is 45.6 Å². The molecule has 1 fully saturated rings. The monoisotopic (exact) mass is 360 g/mol. The zero-order valence-electron chi connectivity index (χ0n) is 17.3. The topological polar surface area (TPSA) is 40.1 Å². The van der Waals surface area contributed by atoms with Crippen molar-refractivity contribution in [2.75, 3.05) is 40.3 Å². The minimum absolute atomic E-state index is 0.558. The van der Waals surface area contributed by atoms with E-state index in [-0.39, 0.29) is 0 Å². The summed E-state index contributed by atoms with van der Waals surface area (Å²) < 4.78 is 5.26. The Morgan fingerprint density at radius 3 is 2.42 bits per heavy atom. The molecule has 0 radical (unpaired) electrons. The molecule has 1 aromatic rings. The highest BCUT2D eigenvalue weighted by atomic mass is 16.5. The largest absolute Gasteiger partial charge is 0.497 e. The first-order valence-electron chi connectivity index (χ1n) is 9.81. The minimum Gasteiger partial charge on any atom is -0.497 e. The molecule has 0 aliphatic carbocycles. The van der Waals surface area contributed by atoms with Gasteiger partial charge in [-0.25, -0.2) is 0 Å². The smallest absolute Gasteiger partial charge is 0.193 e. The average molecular weight is 361 g/mol. The number of nitrogens with zero attached hydrogens (tertiary/aromatic N) is 3. The highest BCUT2D eigenvalue weighted by Gasteiger charge is 2.26. The lowest BCUT2D eigenvalue weighted by molar-refractivity contribution is 0.178. The molecule has 0 spiro atoms. The van der Waals surface area contributed by atoms with Gasteiger partial charge in [0.05, 0.1) is 7.11 Å². The molecule has 1 atom stereocenters. The Bertz CT molecular complexity index is 560. The van der Waals surface area contributed by atoms with Crippen molar-refractivity contribution in [3.63, 3.8) is 0 Å². The van der Waals surface area contributed by atoms with Crippen molar-refractivity contribution in [1.82, 2.24) is 15.1 Å². The first-order chi connectivity index (χ1) is 12.5. The first kappa shape index (κ1) is 20.6. The number of ether oxygens (including phenoxy) is 1. The predicted octanol–water partition coefficient (Wildman–Crippen LogP) is 3.18. The van der Waals surface area contributed by atoms with Gasteiger partial charge in [-0.15, -0.1) is 0 Å². The zero-order valence-corrected chi connectivity index (χ0v) is 17.3. The van der Waals surface area contributed by atoms with E-state index in [1.807, 2.05) is 7.05 Å². The Balaban J connectivity index is 1.87. The average Bonchev–Trinajstić information content (AvgIpc) is 3.11. The van der Waals surface area contributed by atoms with E-state index in [1.165, 1.54) is 5.56 Å². The van der Waals surface area contributed by atoms with Crippen LogP contribution in [0, 0.1) is 0 Å². The van der Waals surface area contributed by atoms with Crippen LogP contribution in [0.3, 0.4) is 0 Å². The highest BCUT2D eigenvalue weighted by molar-refractivity contribution is 5.80. The van der Waals surface area contributed by atoms with E-state index in [4.69, 9.17) is 4.74 Å². The molecular weight excluding hydrogens is 324 g/mol. The van der Waals surface area contributed by atoms with E-state index in [0.29, 0.717) is 18.0 Å². The third-order valence-electron chi connectivity index (χ3n) is 5.27. The summed E-state index contributed by atoms with van der Waals surface area (Å²) in [6, 6.07) is 9.60. The number of aliphatic imine (C=N–C) groups is 1. The van der Waals surface area contributed by atoms with Gasteiger partial charge in [-0.1, -0.05) is 12.1 Å². The number of rotatable bonds is 7. The molecule has 146 valence electrons. The van der Waals surface area contributed by atoms with Gasteiger partial charge in [0.25, 0.3) is 0 Å². The standard InChI is InChI=1S/C21H36N4O/c1-16(2)25(17(3)4)14-12-23-21(22-5)24-13-11-19(15-24)18-7-9-20(26-6)10-8-18/h7-10,16-17,19H,11-15H2,1-6H3,(H,22,23). The zero-order chi connectivity index (χ0) is 19.1. The Labute approximate surface area is 159 Å². The molecule has 0 saturated carbocycles. The van der Waals surface area contributed by atoms with Gasteiger partial charge in [-0.2, -0.15) is 0 Å². The van der Waals surface area contributed by atoms with Crippen LogP contribution in [0.25, 0.3) is 0 Å². The second-order valence-corrected chi connectivity index (χ2v) is 7.60. The Kier molecular flexibility index (Phi) is 7.76. The lowest BCUT2D eigenvalue weighted by Crippen LogP contribution is -2.46. The molecule has 1 unspecified atom stereocenters. The van der Waals surface area contributed by atoms with Gasteiger partial charge in [0, 0.05) is 51.2 Å². The Morgan fingerprint density at radius 2 is 1.88 bits per heavy atom. The van der Waals surface area contributed by atoms with Crippen LogP contribution in [-0.2, 0) is 0 Å². The van der Waals surface area contributed by atoms with E-state index < -0.39 is 0 Å². The fourth-order valence-electron chi connectivity index (χ4n) is 3.84. The van der Waals surface area contributed by atoms with E-state index in [9.17, 15) is 0 Å². The van der Waals surface area contributed by atoms with Crippen LogP contribution in [0.2, 0.25) is 0 Å². The van der Waals surface area contributed by atoms with Gasteiger partial charge in [0.15, 0.2) is 5.96 Å². The second-order valence-electron chi connectivity index (χ2n) is 7.60. The summed E-state index contributed by atoms with van der Waals surface area (Å²) in [5, 5.41) is 3.56. The summed E-state index contributed by atoms with van der Waals surface area (Å²) in [5.41, 5.74) is 1.38. The lowest BCUT2D eigenvalue weighted by Gasteiger charge is -2.31. The van der Waals surface area contributed by atoms with Crippen molar-refractivity contribution in [1.29, 1.82) is 0 Å². The molecule has 1 aliphatic heterocycles. The summed E-state index contributed by atoms with van der Waals surface area (Å²) >= 11 is 0. The fourth-order valence-corrected chi connectivity index (χ4v) is 3.84. The summed E-state index contributed by atoms with van der Waals surface area (Å²) in [4.78, 5) is 9.39. The number of methoxy groups -OCH3 is 1. The number of benzene rings is 1. The van der Waals surface area contributed by atoms with Crippen molar-refractivity contribution in [3.05, 3.63) is 29.8 Å². The molecule has 1 aliphatic rings. The van der Waals surface area contributed by atoms with Gasteiger partial charge in [-0.05, 0) is 51.8 Å². The van der Waals surface area contributed by atoms with Crippen LogP contribution >= 0.6 is 0 Å². The van der Waals surface area contributed by atoms with E-state index in [1.54, 1.807) is 7.11 Å². The van der Waals surface area contributed by atoms with Gasteiger partial charge >= 0.3 is 0 Å². The summed E-state index contributed by atoms with van der Waals surface area (Å²) in [5.74, 6) is 2.50. The Hall–Kier alpha value is -1.75. The van der Waals surface area contributed by atoms with Crippen LogP contribution in [-0.4, -0.2) is 68.2 Å². The van der Waals surface area contributed by atoms with Crippen molar-refractivity contribution in [3.8, 4) is 5.75 Å². The molecule has 5 nitrogen and oxygen atoms in total. The molecule has 2 rings (SSSR count). The molecule has 1 N–H and O–H groups in total. The summed E-state index contributed by atoms with van der Waals surface area (Å²) in [6.45, 7) is 13.1. The van der Waals surface area contributed by atoms with E-state index in [2.05, 4.69) is 72.1 Å². The van der Waals surface area contributed by atoms with Crippen LogP contribution in [0.5, 0.6) is 5.75 Å². The number of guanidine groups is 1. The molecular formula is C21H36N4O. The highest BCUT2D eigenvalue weighted by Crippen LogP contribution is 2.28. The van der Waals surface area contributed by atoms with Gasteiger partial charge in [0.1, 0.15) is 5.75 Å². The number of hydrogen-bond donors (Lipinski definition) is 1. The van der Waals surface area contributed by atoms with Gasteiger partial charge < -0.3 is 15.0 Å². The maximum Gasteiger partial charge on any atom is 0.193 e. The summed E-state index contributed by atoms with van der Waals surface area (Å²) in [7, 11) is 3.59. The van der Waals surface area contributed by atoms with Crippen molar-refractivity contribution < 1.29 is 4.74 Å². The molecule has 0 amide bonds. The van der Waals surface area contributed by atoms with Crippen molar-refractivity contribution in [2.24, 2.45) is 4.99 Å². The molecule has 1 heterocycles.